The number of methoxy groups -OCH3 is 2. The van der Waals surface area contributed by atoms with Crippen molar-refractivity contribution in [2.75, 3.05) is 19.5 Å². The van der Waals surface area contributed by atoms with Gasteiger partial charge in [0.25, 0.3) is 5.91 Å². The number of carbonyl (C=O) groups excluding carboxylic acids is 1. The molecule has 3 atom stereocenters. The quantitative estimate of drug-likeness (QED) is 0.286. The minimum absolute atomic E-state index is 0.00450. The molecule has 0 spiro atoms. The molecule has 0 bridgehead atoms. The third-order valence-corrected chi connectivity index (χ3v) is 7.23. The Morgan fingerprint density at radius 2 is 1.77 bits per heavy atom. The van der Waals surface area contributed by atoms with Gasteiger partial charge in [0, 0.05) is 22.1 Å². The predicted octanol–water partition coefficient (Wildman–Crippen LogP) is 4.69. The summed E-state index contributed by atoms with van der Waals surface area (Å²) in [7, 11) is 3.13. The number of rotatable bonds is 7. The van der Waals surface area contributed by atoms with Crippen LogP contribution in [0.2, 0.25) is 0 Å². The van der Waals surface area contributed by atoms with Crippen molar-refractivity contribution in [3.63, 3.8) is 0 Å². The molecule has 1 fully saturated rings. The molecule has 0 saturated heterocycles. The van der Waals surface area contributed by atoms with Gasteiger partial charge in [-0.2, -0.15) is 0 Å². The molecule has 1 amide bonds. The minimum atomic E-state index is -0.990. The lowest BCUT2D eigenvalue weighted by Gasteiger charge is -2.32. The van der Waals surface area contributed by atoms with Gasteiger partial charge in [-0.05, 0) is 80.3 Å². The zero-order chi connectivity index (χ0) is 28.4. The number of aryl methyl sites for hydroxylation is 1. The molecule has 3 aromatic carbocycles. The number of aliphatic hydroxyl groups is 2. The fourth-order valence-corrected chi connectivity index (χ4v) is 4.99. The maximum absolute atomic E-state index is 13.2. The van der Waals surface area contributed by atoms with Gasteiger partial charge in [-0.15, -0.1) is 0 Å². The number of ether oxygens (including phenoxy) is 3. The molecule has 9 nitrogen and oxygen atoms in total. The second-order valence-electron chi connectivity index (χ2n) is 9.80. The molecule has 208 valence electrons. The van der Waals surface area contributed by atoms with Gasteiger partial charge in [-0.3, -0.25) is 4.79 Å². The Balaban J connectivity index is 1.41. The van der Waals surface area contributed by atoms with Gasteiger partial charge < -0.3 is 34.2 Å². The smallest absolute Gasteiger partial charge is 0.360 e. The largest absolute Gasteiger partial charge is 0.497 e. The van der Waals surface area contributed by atoms with Gasteiger partial charge in [0.2, 0.25) is 0 Å². The fraction of sp³-hybridized carbons (Fsp3) is 0.290. The molecule has 1 saturated carbocycles. The zero-order valence-electron chi connectivity index (χ0n) is 22.5. The molecule has 1 heterocycles. The molecule has 1 aliphatic carbocycles. The summed E-state index contributed by atoms with van der Waals surface area (Å²) < 4.78 is 22.4. The zero-order valence-corrected chi connectivity index (χ0v) is 22.5. The summed E-state index contributed by atoms with van der Waals surface area (Å²) in [5.74, 6) is 1.21. The van der Waals surface area contributed by atoms with E-state index in [9.17, 15) is 19.8 Å². The maximum Gasteiger partial charge on any atom is 0.360 e. The Bertz CT molecular complexity index is 1610. The number of hydrogen-bond acceptors (Lipinski definition) is 8. The average molecular weight is 546 g/mol. The molecular formula is C31H31NO8. The molecule has 0 radical (unpaired) electrons. The number of fused-ring (bicyclic) bond motifs is 1. The summed E-state index contributed by atoms with van der Waals surface area (Å²) in [4.78, 5) is 26.1. The molecule has 1 aromatic heterocycles. The van der Waals surface area contributed by atoms with Crippen molar-refractivity contribution in [3.05, 3.63) is 82.2 Å². The van der Waals surface area contributed by atoms with Crippen LogP contribution in [0.1, 0.15) is 35.2 Å². The van der Waals surface area contributed by atoms with E-state index in [1.807, 2.05) is 24.3 Å². The lowest BCUT2D eigenvalue weighted by atomic mass is 9.92. The van der Waals surface area contributed by atoms with Crippen LogP contribution < -0.4 is 25.2 Å². The highest BCUT2D eigenvalue weighted by atomic mass is 16.5. The molecule has 9 heteroatoms. The summed E-state index contributed by atoms with van der Waals surface area (Å²) in [5.41, 5.74) is 2.00. The van der Waals surface area contributed by atoms with E-state index in [1.165, 1.54) is 0 Å². The first kappa shape index (κ1) is 27.2. The Morgan fingerprint density at radius 1 is 0.975 bits per heavy atom. The van der Waals surface area contributed by atoms with Crippen LogP contribution in [-0.2, 0) is 0 Å². The molecular weight excluding hydrogens is 514 g/mol. The van der Waals surface area contributed by atoms with Gasteiger partial charge in [0.05, 0.1) is 20.3 Å². The Morgan fingerprint density at radius 3 is 2.55 bits per heavy atom. The highest BCUT2D eigenvalue weighted by Crippen LogP contribution is 2.34. The van der Waals surface area contributed by atoms with Gasteiger partial charge in [0.1, 0.15) is 40.7 Å². The van der Waals surface area contributed by atoms with E-state index in [1.54, 1.807) is 57.5 Å². The van der Waals surface area contributed by atoms with Crippen LogP contribution >= 0.6 is 0 Å². The van der Waals surface area contributed by atoms with Crippen molar-refractivity contribution in [2.45, 2.75) is 44.5 Å². The first-order chi connectivity index (χ1) is 19.3. The van der Waals surface area contributed by atoms with Gasteiger partial charge in [-0.25, -0.2) is 4.79 Å². The summed E-state index contributed by atoms with van der Waals surface area (Å²) in [6.45, 7) is 1.75. The van der Waals surface area contributed by atoms with E-state index >= 15 is 0 Å². The van der Waals surface area contributed by atoms with Crippen LogP contribution in [-0.4, -0.2) is 48.7 Å². The second-order valence-corrected chi connectivity index (χ2v) is 9.80. The van der Waals surface area contributed by atoms with Crippen molar-refractivity contribution in [3.8, 4) is 28.4 Å². The standard InChI is InChI=1S/C31H31NO8/c1-17-25(39-27-9-5-8-24(33)28(27)34)12-10-19-16-23(31(36)40-29(17)19)32-30(35)20-11-13-26(38-3)22(15-20)18-6-4-7-21(14-18)37-2/h4,6-7,10-16,24,27-28,33-34H,5,8-9H2,1-3H3,(H,32,35)/t24-,27-,28-/m1/s1. The Kier molecular flexibility index (Phi) is 7.77. The van der Waals surface area contributed by atoms with E-state index in [-0.39, 0.29) is 5.69 Å². The molecule has 5 rings (SSSR count). The van der Waals surface area contributed by atoms with Crippen LogP contribution in [0, 0.1) is 6.92 Å². The van der Waals surface area contributed by atoms with Gasteiger partial charge in [-0.1, -0.05) is 12.1 Å². The van der Waals surface area contributed by atoms with E-state index in [4.69, 9.17) is 18.6 Å². The van der Waals surface area contributed by atoms with E-state index in [0.717, 1.165) is 12.0 Å². The summed E-state index contributed by atoms with van der Waals surface area (Å²) in [6, 6.07) is 17.4. The molecule has 40 heavy (non-hydrogen) atoms. The number of hydrogen-bond donors (Lipinski definition) is 3. The fourth-order valence-electron chi connectivity index (χ4n) is 4.99. The van der Waals surface area contributed by atoms with E-state index in [2.05, 4.69) is 5.32 Å². The number of aliphatic hydroxyl groups excluding tert-OH is 2. The maximum atomic E-state index is 13.2. The van der Waals surface area contributed by atoms with Crippen molar-refractivity contribution >= 4 is 22.6 Å². The van der Waals surface area contributed by atoms with Crippen molar-refractivity contribution in [1.29, 1.82) is 0 Å². The minimum Gasteiger partial charge on any atom is -0.497 e. The lowest BCUT2D eigenvalue weighted by Crippen LogP contribution is -2.44. The average Bonchev–Trinajstić information content (AvgIpc) is 2.97. The van der Waals surface area contributed by atoms with E-state index < -0.39 is 29.8 Å². The third kappa shape index (κ3) is 5.38. The number of carbonyl (C=O) groups is 1. The molecule has 1 aliphatic rings. The summed E-state index contributed by atoms with van der Waals surface area (Å²) in [6.07, 6.45) is -0.508. The topological polar surface area (TPSA) is 127 Å². The van der Waals surface area contributed by atoms with Crippen LogP contribution in [0.5, 0.6) is 17.2 Å². The van der Waals surface area contributed by atoms with Crippen LogP contribution in [0.4, 0.5) is 5.69 Å². The Labute approximate surface area is 230 Å². The number of amides is 1. The third-order valence-electron chi connectivity index (χ3n) is 7.23. The predicted molar refractivity (Wildman–Crippen MR) is 150 cm³/mol. The van der Waals surface area contributed by atoms with Crippen LogP contribution in [0.15, 0.2) is 69.9 Å². The number of nitrogens with one attached hydrogen (secondary N) is 1. The van der Waals surface area contributed by atoms with Crippen molar-refractivity contribution in [1.82, 2.24) is 0 Å². The first-order valence-corrected chi connectivity index (χ1v) is 13.0. The highest BCUT2D eigenvalue weighted by molar-refractivity contribution is 6.05. The van der Waals surface area contributed by atoms with Gasteiger partial charge in [0.15, 0.2) is 0 Å². The van der Waals surface area contributed by atoms with Gasteiger partial charge >= 0.3 is 5.63 Å². The molecule has 0 aliphatic heterocycles. The first-order valence-electron chi connectivity index (χ1n) is 13.0. The van der Waals surface area contributed by atoms with Crippen LogP contribution in [0.25, 0.3) is 22.1 Å². The van der Waals surface area contributed by atoms with E-state index in [0.29, 0.717) is 57.7 Å². The normalized spacial score (nSPS) is 18.8. The lowest BCUT2D eigenvalue weighted by molar-refractivity contribution is -0.0746. The number of benzene rings is 3. The number of anilines is 1. The Hall–Kier alpha value is -4.34. The van der Waals surface area contributed by atoms with Crippen molar-refractivity contribution in [2.24, 2.45) is 0 Å². The monoisotopic (exact) mass is 545 g/mol. The summed E-state index contributed by atoms with van der Waals surface area (Å²) in [5, 5.41) is 23.5. The van der Waals surface area contributed by atoms with Crippen LogP contribution in [0.3, 0.4) is 0 Å². The molecule has 0 unspecified atom stereocenters. The SMILES string of the molecule is COc1cccc(-c2cc(C(=O)Nc3cc4ccc(O[C@@H]5CCC[C@@H](O)[C@H]5O)c(C)c4oc3=O)ccc2OC)c1. The summed E-state index contributed by atoms with van der Waals surface area (Å²) >= 11 is 0. The van der Waals surface area contributed by atoms with Crippen molar-refractivity contribution < 1.29 is 33.6 Å². The highest BCUT2D eigenvalue weighted by Gasteiger charge is 2.32. The second kappa shape index (κ2) is 11.4. The molecule has 4 aromatic rings. The molecule has 3 N–H and O–H groups in total.